The molecule has 1 aliphatic rings. The van der Waals surface area contributed by atoms with Gasteiger partial charge in [-0.3, -0.25) is 39.1 Å². The van der Waals surface area contributed by atoms with Crippen molar-refractivity contribution in [2.24, 2.45) is 0 Å². The van der Waals surface area contributed by atoms with E-state index in [-0.39, 0.29) is 33.6 Å². The van der Waals surface area contributed by atoms with Crippen molar-refractivity contribution in [2.75, 3.05) is 10.6 Å². The highest BCUT2D eigenvalue weighted by Crippen LogP contribution is 2.36. The van der Waals surface area contributed by atoms with Gasteiger partial charge in [0.1, 0.15) is 0 Å². The van der Waals surface area contributed by atoms with Gasteiger partial charge in [0.25, 0.3) is 11.8 Å². The fourth-order valence-corrected chi connectivity index (χ4v) is 5.62. The van der Waals surface area contributed by atoms with Crippen LogP contribution in [0.4, 0.5) is 11.4 Å². The molecule has 4 aromatic heterocycles. The number of nitrogens with zero attached hydrogens (tertiary/aromatic N) is 4. The standard InChI is InChI=1S/C38H26N6O4/c1-21-9-13-39-29(17-21)31-19-23(11-15-41-31)37(47)43-27-7-3-5-25-33(27)35(45)26-6-4-8-28(34(26)36(25)46)44-38(48)24-12-16-42-32(20-24)30-18-22(2)10-14-40-30/h3-20H,1-2H3,(H,43,47)(H,44,48). The molecule has 2 aromatic carbocycles. The first-order chi connectivity index (χ1) is 23.3. The number of anilines is 2. The van der Waals surface area contributed by atoms with Gasteiger partial charge in [-0.2, -0.15) is 0 Å². The maximum absolute atomic E-state index is 14.0. The van der Waals surface area contributed by atoms with E-state index in [9.17, 15) is 19.2 Å². The molecule has 10 heteroatoms. The largest absolute Gasteiger partial charge is 0.321 e. The van der Waals surface area contributed by atoms with Crippen LogP contribution in [-0.2, 0) is 0 Å². The minimum Gasteiger partial charge on any atom is -0.321 e. The van der Waals surface area contributed by atoms with Crippen molar-refractivity contribution >= 4 is 34.8 Å². The topological polar surface area (TPSA) is 144 Å². The predicted octanol–water partition coefficient (Wildman–Crippen LogP) is 6.50. The summed E-state index contributed by atoms with van der Waals surface area (Å²) in [5.74, 6) is -1.88. The van der Waals surface area contributed by atoms with Crippen LogP contribution in [0.2, 0.25) is 0 Å². The maximum Gasteiger partial charge on any atom is 0.255 e. The predicted molar refractivity (Wildman–Crippen MR) is 180 cm³/mol. The van der Waals surface area contributed by atoms with Gasteiger partial charge in [0.15, 0.2) is 11.6 Å². The average Bonchev–Trinajstić information content (AvgIpc) is 3.10. The van der Waals surface area contributed by atoms with Crippen LogP contribution >= 0.6 is 0 Å². The lowest BCUT2D eigenvalue weighted by Crippen LogP contribution is -2.26. The molecule has 1 aliphatic carbocycles. The summed E-state index contributed by atoms with van der Waals surface area (Å²) in [6, 6.07) is 23.2. The molecule has 0 fully saturated rings. The number of fused-ring (bicyclic) bond motifs is 2. The highest BCUT2D eigenvalue weighted by Gasteiger charge is 2.34. The van der Waals surface area contributed by atoms with Crippen molar-refractivity contribution in [1.29, 1.82) is 0 Å². The van der Waals surface area contributed by atoms with Gasteiger partial charge in [0.2, 0.25) is 0 Å². The first-order valence-corrected chi connectivity index (χ1v) is 15.0. The van der Waals surface area contributed by atoms with Crippen molar-refractivity contribution in [3.8, 4) is 22.8 Å². The van der Waals surface area contributed by atoms with Crippen LogP contribution in [0.15, 0.2) is 110 Å². The summed E-state index contributed by atoms with van der Waals surface area (Å²) in [5, 5.41) is 5.62. The minimum atomic E-state index is -0.482. The number of benzene rings is 2. The third kappa shape index (κ3) is 5.62. The number of aromatic nitrogens is 4. The number of nitrogens with one attached hydrogen (secondary N) is 2. The molecule has 0 radical (unpaired) electrons. The average molecular weight is 631 g/mol. The molecular formula is C38H26N6O4. The van der Waals surface area contributed by atoms with Crippen LogP contribution < -0.4 is 10.6 Å². The summed E-state index contributed by atoms with van der Waals surface area (Å²) < 4.78 is 0. The van der Waals surface area contributed by atoms with Crippen LogP contribution in [0.5, 0.6) is 0 Å². The Hall–Kier alpha value is -6.68. The molecule has 4 heterocycles. The van der Waals surface area contributed by atoms with Crippen molar-refractivity contribution < 1.29 is 19.2 Å². The zero-order valence-electron chi connectivity index (χ0n) is 25.8. The molecule has 0 saturated carbocycles. The Morgan fingerprint density at radius 3 is 1.27 bits per heavy atom. The molecule has 10 nitrogen and oxygen atoms in total. The van der Waals surface area contributed by atoms with E-state index in [1.165, 1.54) is 24.5 Å². The van der Waals surface area contributed by atoms with Crippen molar-refractivity contribution in [2.45, 2.75) is 13.8 Å². The highest BCUT2D eigenvalue weighted by atomic mass is 16.2. The van der Waals surface area contributed by atoms with Gasteiger partial charge in [-0.1, -0.05) is 24.3 Å². The highest BCUT2D eigenvalue weighted by molar-refractivity contribution is 6.33. The Bertz CT molecular complexity index is 2150. The third-order valence-corrected chi connectivity index (χ3v) is 7.97. The fourth-order valence-electron chi connectivity index (χ4n) is 5.62. The van der Waals surface area contributed by atoms with Gasteiger partial charge in [0.05, 0.1) is 45.3 Å². The first-order valence-electron chi connectivity index (χ1n) is 15.0. The zero-order chi connectivity index (χ0) is 33.4. The summed E-state index contributed by atoms with van der Waals surface area (Å²) in [6.45, 7) is 3.88. The van der Waals surface area contributed by atoms with Crippen LogP contribution in [0.1, 0.15) is 63.7 Å². The number of ketones is 2. The van der Waals surface area contributed by atoms with Crippen LogP contribution in [0.25, 0.3) is 22.8 Å². The molecule has 6 aromatic rings. The molecule has 2 N–H and O–H groups in total. The van der Waals surface area contributed by atoms with Crippen molar-refractivity contribution in [3.63, 3.8) is 0 Å². The Morgan fingerprint density at radius 1 is 0.500 bits per heavy atom. The van der Waals surface area contributed by atoms with Crippen molar-refractivity contribution in [3.05, 3.63) is 154 Å². The number of hydrogen-bond donors (Lipinski definition) is 2. The quantitative estimate of drug-likeness (QED) is 0.212. The van der Waals surface area contributed by atoms with Crippen LogP contribution in [0, 0.1) is 13.8 Å². The molecule has 0 spiro atoms. The first kappa shape index (κ1) is 30.0. The number of carbonyl (C=O) groups excluding carboxylic acids is 4. The molecule has 0 bridgehead atoms. The molecule has 48 heavy (non-hydrogen) atoms. The molecule has 0 saturated heterocycles. The van der Waals surface area contributed by atoms with E-state index in [2.05, 4.69) is 30.6 Å². The monoisotopic (exact) mass is 630 g/mol. The van der Waals surface area contributed by atoms with E-state index in [0.29, 0.717) is 33.9 Å². The Balaban J connectivity index is 1.17. The number of carbonyl (C=O) groups is 4. The molecule has 0 atom stereocenters. The Kier molecular flexibility index (Phi) is 7.66. The SMILES string of the molecule is Cc1ccnc(-c2cc(C(=O)Nc3cccc4c3C(=O)c3cccc(NC(=O)c5ccnc(-c6cc(C)ccn6)c5)c3C4=O)ccn2)c1. The molecule has 0 unspecified atom stereocenters. The van der Waals surface area contributed by atoms with E-state index in [1.54, 1.807) is 60.9 Å². The third-order valence-electron chi connectivity index (χ3n) is 7.97. The molecule has 232 valence electrons. The minimum absolute atomic E-state index is 0.0749. The molecule has 7 rings (SSSR count). The summed E-state index contributed by atoms with van der Waals surface area (Å²) >= 11 is 0. The van der Waals surface area contributed by atoms with Crippen molar-refractivity contribution in [1.82, 2.24) is 19.9 Å². The smallest absolute Gasteiger partial charge is 0.255 e. The fraction of sp³-hybridized carbons (Fsp3) is 0.0526. The lowest BCUT2D eigenvalue weighted by atomic mass is 9.82. The Morgan fingerprint density at radius 2 is 0.875 bits per heavy atom. The van der Waals surface area contributed by atoms with Gasteiger partial charge < -0.3 is 10.6 Å². The van der Waals surface area contributed by atoms with E-state index in [4.69, 9.17) is 0 Å². The number of pyridine rings is 4. The zero-order valence-corrected chi connectivity index (χ0v) is 25.8. The van der Waals surface area contributed by atoms with Gasteiger partial charge in [-0.05, 0) is 85.6 Å². The summed E-state index contributed by atoms with van der Waals surface area (Å²) in [4.78, 5) is 72.1. The normalized spacial score (nSPS) is 11.8. The lowest BCUT2D eigenvalue weighted by molar-refractivity contribution is 0.0977. The summed E-state index contributed by atoms with van der Waals surface area (Å²) in [5.41, 5.74) is 5.65. The second kappa shape index (κ2) is 12.3. The maximum atomic E-state index is 14.0. The number of rotatable bonds is 6. The molecular weight excluding hydrogens is 604 g/mol. The number of aryl methyl sites for hydroxylation is 2. The number of amides is 2. The van der Waals surface area contributed by atoms with Crippen LogP contribution in [0.3, 0.4) is 0 Å². The summed E-state index contributed by atoms with van der Waals surface area (Å²) in [7, 11) is 0. The second-order valence-electron chi connectivity index (χ2n) is 11.3. The van der Waals surface area contributed by atoms with Gasteiger partial charge in [-0.15, -0.1) is 0 Å². The Labute approximate surface area is 275 Å². The lowest BCUT2D eigenvalue weighted by Gasteiger charge is -2.22. The van der Waals surface area contributed by atoms with E-state index < -0.39 is 23.4 Å². The van der Waals surface area contributed by atoms with Gasteiger partial charge in [-0.25, -0.2) is 0 Å². The molecule has 0 aliphatic heterocycles. The van der Waals surface area contributed by atoms with E-state index in [1.807, 2.05) is 38.1 Å². The summed E-state index contributed by atoms with van der Waals surface area (Å²) in [6.07, 6.45) is 6.38. The molecule has 2 amide bonds. The van der Waals surface area contributed by atoms with E-state index >= 15 is 0 Å². The second-order valence-corrected chi connectivity index (χ2v) is 11.3. The van der Waals surface area contributed by atoms with E-state index in [0.717, 1.165) is 11.1 Å². The number of hydrogen-bond acceptors (Lipinski definition) is 8. The van der Waals surface area contributed by atoms with Gasteiger partial charge in [0, 0.05) is 47.0 Å². The van der Waals surface area contributed by atoms with Gasteiger partial charge >= 0.3 is 0 Å². The van der Waals surface area contributed by atoms with Crippen LogP contribution in [-0.4, -0.2) is 43.3 Å².